The lowest BCUT2D eigenvalue weighted by Gasteiger charge is -2.22. The molecule has 1 aliphatic heterocycles. The summed E-state index contributed by atoms with van der Waals surface area (Å²) >= 11 is 0. The number of hydrogen-bond acceptors (Lipinski definition) is 3. The van der Waals surface area contributed by atoms with E-state index in [1.807, 2.05) is 0 Å². The van der Waals surface area contributed by atoms with E-state index < -0.39 is 6.04 Å². The molecule has 1 amide bonds. The molecule has 1 fully saturated rings. The third-order valence-corrected chi connectivity index (χ3v) is 2.92. The van der Waals surface area contributed by atoms with Crippen molar-refractivity contribution in [1.82, 2.24) is 5.43 Å². The van der Waals surface area contributed by atoms with Gasteiger partial charge in [-0.2, -0.15) is 5.10 Å². The summed E-state index contributed by atoms with van der Waals surface area (Å²) in [5.74, 6) is 0.295. The summed E-state index contributed by atoms with van der Waals surface area (Å²) in [6.07, 6.45) is 6.07. The topological polar surface area (TPSA) is 67.5 Å². The normalized spacial score (nSPS) is 30.1. The first kappa shape index (κ1) is 8.69. The second-order valence-corrected chi connectivity index (χ2v) is 3.83. The predicted molar refractivity (Wildman–Crippen MR) is 50.1 cm³/mol. The van der Waals surface area contributed by atoms with Gasteiger partial charge in [0.05, 0.1) is 5.71 Å². The van der Waals surface area contributed by atoms with Crippen LogP contribution in [0.5, 0.6) is 0 Å². The number of carbonyl (C=O) groups is 1. The van der Waals surface area contributed by atoms with Crippen LogP contribution in [0.4, 0.5) is 0 Å². The van der Waals surface area contributed by atoms with E-state index in [0.29, 0.717) is 5.92 Å². The van der Waals surface area contributed by atoms with Crippen molar-refractivity contribution in [2.45, 2.75) is 38.1 Å². The van der Waals surface area contributed by atoms with Gasteiger partial charge in [-0.3, -0.25) is 4.79 Å². The number of carbonyl (C=O) groups excluding carboxylic acids is 1. The van der Waals surface area contributed by atoms with Crippen LogP contribution in [-0.2, 0) is 4.79 Å². The minimum Gasteiger partial charge on any atom is -0.315 e. The molecule has 2 rings (SSSR count). The first-order valence-corrected chi connectivity index (χ1v) is 4.92. The summed E-state index contributed by atoms with van der Waals surface area (Å²) in [6, 6.07) is -0.483. The summed E-state index contributed by atoms with van der Waals surface area (Å²) < 4.78 is 0. The van der Waals surface area contributed by atoms with Crippen LogP contribution >= 0.6 is 0 Å². The fraction of sp³-hybridized carbons (Fsp3) is 0.778. The van der Waals surface area contributed by atoms with Gasteiger partial charge in [-0.05, 0) is 12.8 Å². The van der Waals surface area contributed by atoms with Crippen LogP contribution in [0.1, 0.15) is 32.1 Å². The van der Waals surface area contributed by atoms with Gasteiger partial charge in [0.1, 0.15) is 6.04 Å². The van der Waals surface area contributed by atoms with Gasteiger partial charge in [0.2, 0.25) is 0 Å². The Labute approximate surface area is 77.6 Å². The van der Waals surface area contributed by atoms with Crippen molar-refractivity contribution in [1.29, 1.82) is 0 Å². The molecule has 4 heteroatoms. The Hall–Kier alpha value is -0.900. The minimum atomic E-state index is -0.483. The quantitative estimate of drug-likeness (QED) is 0.614. The lowest BCUT2D eigenvalue weighted by molar-refractivity contribution is -0.120. The van der Waals surface area contributed by atoms with E-state index in [2.05, 4.69) is 10.5 Å². The summed E-state index contributed by atoms with van der Waals surface area (Å²) in [5.41, 5.74) is 9.03. The molecule has 0 aromatic carbocycles. The second-order valence-electron chi connectivity index (χ2n) is 3.83. The van der Waals surface area contributed by atoms with Crippen molar-refractivity contribution in [2.75, 3.05) is 0 Å². The predicted octanol–water partition coefficient (Wildman–Crippen LogP) is 0.380. The van der Waals surface area contributed by atoms with Crippen molar-refractivity contribution in [3.63, 3.8) is 0 Å². The Morgan fingerprint density at radius 2 is 2.00 bits per heavy atom. The zero-order valence-electron chi connectivity index (χ0n) is 7.62. The molecule has 0 aromatic heterocycles. The van der Waals surface area contributed by atoms with E-state index in [1.54, 1.807) is 0 Å². The molecule has 1 unspecified atom stereocenters. The van der Waals surface area contributed by atoms with Crippen molar-refractivity contribution in [3.8, 4) is 0 Å². The summed E-state index contributed by atoms with van der Waals surface area (Å²) in [4.78, 5) is 11.1. The highest BCUT2D eigenvalue weighted by molar-refractivity contribution is 6.12. The fourth-order valence-corrected chi connectivity index (χ4v) is 2.14. The fourth-order valence-electron chi connectivity index (χ4n) is 2.14. The lowest BCUT2D eigenvalue weighted by Crippen LogP contribution is -2.40. The molecule has 0 aromatic rings. The van der Waals surface area contributed by atoms with Crippen LogP contribution in [0, 0.1) is 5.92 Å². The Morgan fingerprint density at radius 1 is 1.31 bits per heavy atom. The molecule has 0 saturated heterocycles. The van der Waals surface area contributed by atoms with E-state index in [-0.39, 0.29) is 5.91 Å². The smallest absolute Gasteiger partial charge is 0.262 e. The monoisotopic (exact) mass is 181 g/mol. The lowest BCUT2D eigenvalue weighted by atomic mass is 9.83. The zero-order chi connectivity index (χ0) is 9.26. The molecule has 2 aliphatic rings. The molecule has 0 spiro atoms. The van der Waals surface area contributed by atoms with Crippen LogP contribution < -0.4 is 11.2 Å². The van der Waals surface area contributed by atoms with E-state index in [1.165, 1.54) is 19.3 Å². The first-order chi connectivity index (χ1) is 6.29. The third kappa shape index (κ3) is 1.58. The van der Waals surface area contributed by atoms with Crippen LogP contribution in [-0.4, -0.2) is 17.7 Å². The third-order valence-electron chi connectivity index (χ3n) is 2.92. The van der Waals surface area contributed by atoms with Gasteiger partial charge in [-0.1, -0.05) is 19.3 Å². The Balaban J connectivity index is 2.03. The molecule has 0 bridgehead atoms. The average molecular weight is 181 g/mol. The highest BCUT2D eigenvalue weighted by Crippen LogP contribution is 2.26. The maximum atomic E-state index is 11.1. The Morgan fingerprint density at radius 3 is 2.54 bits per heavy atom. The van der Waals surface area contributed by atoms with Gasteiger partial charge in [0, 0.05) is 5.92 Å². The van der Waals surface area contributed by atoms with Gasteiger partial charge in [0.25, 0.3) is 5.91 Å². The highest BCUT2D eigenvalue weighted by atomic mass is 16.2. The molecule has 1 atom stereocenters. The number of hydrogen-bond donors (Lipinski definition) is 2. The van der Waals surface area contributed by atoms with Crippen LogP contribution in [0.3, 0.4) is 0 Å². The summed E-state index contributed by atoms with van der Waals surface area (Å²) in [5, 5.41) is 4.01. The molecule has 1 heterocycles. The molecule has 1 aliphatic carbocycles. The molecule has 0 radical (unpaired) electrons. The number of nitrogens with zero attached hydrogens (tertiary/aromatic N) is 1. The van der Waals surface area contributed by atoms with Gasteiger partial charge in [0.15, 0.2) is 0 Å². The van der Waals surface area contributed by atoms with E-state index >= 15 is 0 Å². The summed E-state index contributed by atoms with van der Waals surface area (Å²) in [7, 11) is 0. The number of amides is 1. The molecule has 72 valence electrons. The van der Waals surface area contributed by atoms with Crippen molar-refractivity contribution >= 4 is 11.6 Å². The van der Waals surface area contributed by atoms with Crippen LogP contribution in [0.2, 0.25) is 0 Å². The molecule has 1 saturated carbocycles. The van der Waals surface area contributed by atoms with Crippen molar-refractivity contribution in [3.05, 3.63) is 0 Å². The SMILES string of the molecule is NC1C(=O)NN=C1C1CCCCC1. The maximum Gasteiger partial charge on any atom is 0.262 e. The van der Waals surface area contributed by atoms with Gasteiger partial charge >= 0.3 is 0 Å². The van der Waals surface area contributed by atoms with E-state index in [9.17, 15) is 4.79 Å². The number of nitrogens with two attached hydrogens (primary N) is 1. The van der Waals surface area contributed by atoms with Gasteiger partial charge < -0.3 is 5.73 Å². The highest BCUT2D eigenvalue weighted by Gasteiger charge is 2.32. The summed E-state index contributed by atoms with van der Waals surface area (Å²) in [6.45, 7) is 0. The molecular formula is C9H15N3O. The molecule has 13 heavy (non-hydrogen) atoms. The van der Waals surface area contributed by atoms with E-state index in [4.69, 9.17) is 5.73 Å². The molecular weight excluding hydrogens is 166 g/mol. The number of hydrazone groups is 1. The molecule has 4 nitrogen and oxygen atoms in total. The van der Waals surface area contributed by atoms with E-state index in [0.717, 1.165) is 18.6 Å². The molecule has 3 N–H and O–H groups in total. The van der Waals surface area contributed by atoms with Crippen molar-refractivity contribution in [2.24, 2.45) is 16.8 Å². The average Bonchev–Trinajstić information content (AvgIpc) is 2.49. The van der Waals surface area contributed by atoms with Crippen LogP contribution in [0.25, 0.3) is 0 Å². The van der Waals surface area contributed by atoms with Gasteiger partial charge in [-0.15, -0.1) is 0 Å². The Kier molecular flexibility index (Phi) is 2.31. The zero-order valence-corrected chi connectivity index (χ0v) is 7.62. The maximum absolute atomic E-state index is 11.1. The van der Waals surface area contributed by atoms with Crippen LogP contribution in [0.15, 0.2) is 5.10 Å². The van der Waals surface area contributed by atoms with Gasteiger partial charge in [-0.25, -0.2) is 5.43 Å². The minimum absolute atomic E-state index is 0.152. The number of nitrogens with one attached hydrogen (secondary N) is 1. The van der Waals surface area contributed by atoms with Crippen molar-refractivity contribution < 1.29 is 4.79 Å². The standard InChI is InChI=1S/C9H15N3O/c10-7-8(11-12-9(7)13)6-4-2-1-3-5-6/h6-7H,1-5,10H2,(H,12,13). The Bertz CT molecular complexity index is 243. The second kappa shape index (κ2) is 3.46. The number of rotatable bonds is 1. The first-order valence-electron chi connectivity index (χ1n) is 4.92. The largest absolute Gasteiger partial charge is 0.315 e.